The molecule has 0 atom stereocenters. The lowest BCUT2D eigenvalue weighted by atomic mass is 9.95. The minimum atomic E-state index is 0.0998. The van der Waals surface area contributed by atoms with Crippen LogP contribution < -0.4 is 10.6 Å². The first-order valence-electron chi connectivity index (χ1n) is 6.96. The van der Waals surface area contributed by atoms with E-state index in [1.54, 1.807) is 11.8 Å². The molecular formula is C15H22N2OS. The molecule has 1 fully saturated rings. The van der Waals surface area contributed by atoms with Crippen molar-refractivity contribution in [1.82, 2.24) is 5.32 Å². The zero-order valence-electron chi connectivity index (χ0n) is 11.4. The predicted octanol–water partition coefficient (Wildman–Crippen LogP) is 3.27. The van der Waals surface area contributed by atoms with Gasteiger partial charge >= 0.3 is 0 Å². The van der Waals surface area contributed by atoms with Crippen LogP contribution in [-0.2, 0) is 4.79 Å². The molecule has 1 amide bonds. The van der Waals surface area contributed by atoms with E-state index in [1.807, 2.05) is 24.5 Å². The van der Waals surface area contributed by atoms with Crippen LogP contribution in [-0.4, -0.2) is 24.7 Å². The maximum absolute atomic E-state index is 11.9. The third-order valence-corrected chi connectivity index (χ3v) is 4.31. The first-order chi connectivity index (χ1) is 9.29. The molecule has 4 heteroatoms. The van der Waals surface area contributed by atoms with E-state index in [-0.39, 0.29) is 5.91 Å². The van der Waals surface area contributed by atoms with E-state index in [0.29, 0.717) is 12.6 Å². The van der Waals surface area contributed by atoms with E-state index in [2.05, 4.69) is 16.7 Å². The van der Waals surface area contributed by atoms with Gasteiger partial charge in [0, 0.05) is 16.6 Å². The SMILES string of the molecule is CSc1ccccc1NCC(=O)NC1CCCCC1. The van der Waals surface area contributed by atoms with Crippen LogP contribution in [0.3, 0.4) is 0 Å². The van der Waals surface area contributed by atoms with E-state index in [4.69, 9.17) is 0 Å². The van der Waals surface area contributed by atoms with Gasteiger partial charge in [-0.15, -0.1) is 11.8 Å². The van der Waals surface area contributed by atoms with Crippen molar-refractivity contribution in [3.63, 3.8) is 0 Å². The molecule has 1 aromatic rings. The third-order valence-electron chi connectivity index (χ3n) is 3.52. The summed E-state index contributed by atoms with van der Waals surface area (Å²) in [6.07, 6.45) is 8.11. The number of hydrogen-bond acceptors (Lipinski definition) is 3. The molecule has 0 heterocycles. The van der Waals surface area contributed by atoms with Gasteiger partial charge in [-0.1, -0.05) is 31.4 Å². The number of carbonyl (C=O) groups excluding carboxylic acids is 1. The van der Waals surface area contributed by atoms with Gasteiger partial charge in [0.25, 0.3) is 0 Å². The highest BCUT2D eigenvalue weighted by Gasteiger charge is 2.15. The summed E-state index contributed by atoms with van der Waals surface area (Å²) < 4.78 is 0. The summed E-state index contributed by atoms with van der Waals surface area (Å²) in [7, 11) is 0. The fourth-order valence-electron chi connectivity index (χ4n) is 2.49. The number of para-hydroxylation sites is 1. The quantitative estimate of drug-likeness (QED) is 0.812. The van der Waals surface area contributed by atoms with Crippen molar-refractivity contribution in [3.05, 3.63) is 24.3 Å². The Hall–Kier alpha value is -1.16. The lowest BCUT2D eigenvalue weighted by Gasteiger charge is -2.23. The molecule has 1 aliphatic rings. The number of anilines is 1. The second-order valence-electron chi connectivity index (χ2n) is 4.96. The molecule has 1 aliphatic carbocycles. The summed E-state index contributed by atoms with van der Waals surface area (Å²) >= 11 is 1.69. The summed E-state index contributed by atoms with van der Waals surface area (Å²) in [5, 5.41) is 6.34. The Bertz CT molecular complexity index is 416. The van der Waals surface area contributed by atoms with Crippen LogP contribution >= 0.6 is 11.8 Å². The van der Waals surface area contributed by atoms with Gasteiger partial charge in [0.05, 0.1) is 6.54 Å². The van der Waals surface area contributed by atoms with Crippen LogP contribution in [0.4, 0.5) is 5.69 Å². The molecule has 3 nitrogen and oxygen atoms in total. The van der Waals surface area contributed by atoms with E-state index in [0.717, 1.165) is 18.5 Å². The molecule has 0 unspecified atom stereocenters. The van der Waals surface area contributed by atoms with Crippen LogP contribution in [0, 0.1) is 0 Å². The topological polar surface area (TPSA) is 41.1 Å². The summed E-state index contributed by atoms with van der Waals surface area (Å²) in [5.41, 5.74) is 1.04. The Morgan fingerprint density at radius 2 is 2.00 bits per heavy atom. The molecule has 0 saturated heterocycles. The highest BCUT2D eigenvalue weighted by atomic mass is 32.2. The molecule has 0 spiro atoms. The second-order valence-corrected chi connectivity index (χ2v) is 5.80. The lowest BCUT2D eigenvalue weighted by Crippen LogP contribution is -2.39. The fourth-order valence-corrected chi connectivity index (χ4v) is 3.07. The van der Waals surface area contributed by atoms with Crippen molar-refractivity contribution < 1.29 is 4.79 Å². The molecule has 104 valence electrons. The van der Waals surface area contributed by atoms with Crippen LogP contribution in [0.2, 0.25) is 0 Å². The molecule has 0 bridgehead atoms. The Morgan fingerprint density at radius 3 is 2.74 bits per heavy atom. The van der Waals surface area contributed by atoms with Gasteiger partial charge in [-0.2, -0.15) is 0 Å². The van der Waals surface area contributed by atoms with Crippen molar-refractivity contribution in [1.29, 1.82) is 0 Å². The molecule has 0 aliphatic heterocycles. The maximum Gasteiger partial charge on any atom is 0.239 e. The summed E-state index contributed by atoms with van der Waals surface area (Å²) in [4.78, 5) is 13.1. The Morgan fingerprint density at radius 1 is 1.26 bits per heavy atom. The van der Waals surface area contributed by atoms with E-state index in [1.165, 1.54) is 24.2 Å². The number of rotatable bonds is 5. The standard InChI is InChI=1S/C15H22N2OS/c1-19-14-10-6-5-9-13(14)16-11-15(18)17-12-7-3-2-4-8-12/h5-6,9-10,12,16H,2-4,7-8,11H2,1H3,(H,17,18). The van der Waals surface area contributed by atoms with Gasteiger partial charge in [-0.25, -0.2) is 0 Å². The molecule has 2 N–H and O–H groups in total. The van der Waals surface area contributed by atoms with Crippen molar-refractivity contribution in [2.45, 2.75) is 43.0 Å². The molecule has 19 heavy (non-hydrogen) atoms. The predicted molar refractivity (Wildman–Crippen MR) is 81.7 cm³/mol. The van der Waals surface area contributed by atoms with E-state index >= 15 is 0 Å². The molecule has 0 radical (unpaired) electrons. The number of amides is 1. The number of benzene rings is 1. The van der Waals surface area contributed by atoms with Crippen LogP contribution in [0.1, 0.15) is 32.1 Å². The van der Waals surface area contributed by atoms with Gasteiger partial charge in [-0.05, 0) is 31.2 Å². The largest absolute Gasteiger partial charge is 0.375 e. The zero-order valence-corrected chi connectivity index (χ0v) is 12.3. The summed E-state index contributed by atoms with van der Waals surface area (Å²) in [6, 6.07) is 8.46. The van der Waals surface area contributed by atoms with Crippen LogP contribution in [0.15, 0.2) is 29.2 Å². The Balaban J connectivity index is 1.79. The second kappa shape index (κ2) is 7.43. The highest BCUT2D eigenvalue weighted by Crippen LogP contribution is 2.24. The van der Waals surface area contributed by atoms with Crippen molar-refractivity contribution in [2.75, 3.05) is 18.1 Å². The van der Waals surface area contributed by atoms with E-state index in [9.17, 15) is 4.79 Å². The highest BCUT2D eigenvalue weighted by molar-refractivity contribution is 7.98. The molecular weight excluding hydrogens is 256 g/mol. The molecule has 2 rings (SSSR count). The molecule has 1 saturated carbocycles. The summed E-state index contributed by atoms with van der Waals surface area (Å²) in [5.74, 6) is 0.0998. The van der Waals surface area contributed by atoms with Gasteiger partial charge in [0.15, 0.2) is 0 Å². The monoisotopic (exact) mass is 278 g/mol. The normalized spacial score (nSPS) is 16.1. The van der Waals surface area contributed by atoms with E-state index < -0.39 is 0 Å². The van der Waals surface area contributed by atoms with Crippen LogP contribution in [0.5, 0.6) is 0 Å². The van der Waals surface area contributed by atoms with Crippen molar-refractivity contribution >= 4 is 23.4 Å². The minimum absolute atomic E-state index is 0.0998. The van der Waals surface area contributed by atoms with Gasteiger partial charge in [0.1, 0.15) is 0 Å². The zero-order chi connectivity index (χ0) is 13.5. The van der Waals surface area contributed by atoms with Crippen LogP contribution in [0.25, 0.3) is 0 Å². The van der Waals surface area contributed by atoms with Gasteiger partial charge in [-0.3, -0.25) is 4.79 Å². The average molecular weight is 278 g/mol. The van der Waals surface area contributed by atoms with Gasteiger partial charge in [0.2, 0.25) is 5.91 Å². The lowest BCUT2D eigenvalue weighted by molar-refractivity contribution is -0.120. The molecule has 1 aromatic carbocycles. The first kappa shape index (κ1) is 14.3. The number of carbonyl (C=O) groups is 1. The Kier molecular flexibility index (Phi) is 5.58. The van der Waals surface area contributed by atoms with Crippen molar-refractivity contribution in [3.8, 4) is 0 Å². The number of thioether (sulfide) groups is 1. The van der Waals surface area contributed by atoms with Crippen molar-refractivity contribution in [2.24, 2.45) is 0 Å². The maximum atomic E-state index is 11.9. The van der Waals surface area contributed by atoms with Gasteiger partial charge < -0.3 is 10.6 Å². The minimum Gasteiger partial charge on any atom is -0.375 e. The first-order valence-corrected chi connectivity index (χ1v) is 8.18. The Labute approximate surface area is 119 Å². The summed E-state index contributed by atoms with van der Waals surface area (Å²) in [6.45, 7) is 0.355. The number of hydrogen-bond donors (Lipinski definition) is 2. The molecule has 0 aromatic heterocycles. The third kappa shape index (κ3) is 4.46. The fraction of sp³-hybridized carbons (Fsp3) is 0.533. The number of nitrogens with one attached hydrogen (secondary N) is 2. The average Bonchev–Trinajstić information content (AvgIpc) is 2.46. The smallest absolute Gasteiger partial charge is 0.239 e.